The fourth-order valence-corrected chi connectivity index (χ4v) is 2.48. The van der Waals surface area contributed by atoms with Gasteiger partial charge in [0.15, 0.2) is 0 Å². The molecule has 7 heteroatoms. The van der Waals surface area contributed by atoms with Crippen molar-refractivity contribution in [2.45, 2.75) is 6.42 Å². The number of carbonyl (C=O) groups excluding carboxylic acids is 1. The molecule has 2 N–H and O–H groups in total. The predicted molar refractivity (Wildman–Crippen MR) is 85.9 cm³/mol. The molecule has 0 spiro atoms. The molecule has 0 unspecified atom stereocenters. The van der Waals surface area contributed by atoms with Gasteiger partial charge in [-0.25, -0.2) is 0 Å². The van der Waals surface area contributed by atoms with Crippen LogP contribution in [0.25, 0.3) is 0 Å². The zero-order valence-corrected chi connectivity index (χ0v) is 14.0. The SMILES string of the molecule is Cl.O=C(CCOc1ccc(Cl)cc1Br)NCC1CNC1. The third kappa shape index (κ3) is 5.48. The maximum Gasteiger partial charge on any atom is 0.223 e. The van der Waals surface area contributed by atoms with E-state index in [2.05, 4.69) is 26.6 Å². The molecule has 2 rings (SSSR count). The predicted octanol–water partition coefficient (Wildman–Crippen LogP) is 2.63. The van der Waals surface area contributed by atoms with Gasteiger partial charge in [-0.2, -0.15) is 0 Å². The van der Waals surface area contributed by atoms with Crippen molar-refractivity contribution in [2.24, 2.45) is 5.92 Å². The van der Waals surface area contributed by atoms with Gasteiger partial charge in [0.25, 0.3) is 0 Å². The van der Waals surface area contributed by atoms with Gasteiger partial charge in [-0.15, -0.1) is 12.4 Å². The zero-order valence-electron chi connectivity index (χ0n) is 10.8. The van der Waals surface area contributed by atoms with Crippen LogP contribution in [-0.4, -0.2) is 32.1 Å². The van der Waals surface area contributed by atoms with Crippen molar-refractivity contribution in [3.05, 3.63) is 27.7 Å². The molecule has 4 nitrogen and oxygen atoms in total. The van der Waals surface area contributed by atoms with Gasteiger partial charge in [0, 0.05) is 30.6 Å². The summed E-state index contributed by atoms with van der Waals surface area (Å²) in [6.07, 6.45) is 0.356. The smallest absolute Gasteiger partial charge is 0.223 e. The molecule has 1 aromatic rings. The summed E-state index contributed by atoms with van der Waals surface area (Å²) in [5.74, 6) is 1.30. The minimum Gasteiger partial charge on any atom is -0.492 e. The van der Waals surface area contributed by atoms with E-state index in [0.717, 1.165) is 24.1 Å². The number of halogens is 3. The zero-order chi connectivity index (χ0) is 13.7. The lowest BCUT2D eigenvalue weighted by molar-refractivity contribution is -0.121. The summed E-state index contributed by atoms with van der Waals surface area (Å²) >= 11 is 9.20. The molecule has 1 aromatic carbocycles. The highest BCUT2D eigenvalue weighted by molar-refractivity contribution is 9.10. The highest BCUT2D eigenvalue weighted by Crippen LogP contribution is 2.27. The molecule has 1 aliphatic rings. The summed E-state index contributed by atoms with van der Waals surface area (Å²) in [4.78, 5) is 11.6. The monoisotopic (exact) mass is 382 g/mol. The van der Waals surface area contributed by atoms with Crippen LogP contribution in [0.3, 0.4) is 0 Å². The fraction of sp³-hybridized carbons (Fsp3) is 0.462. The van der Waals surface area contributed by atoms with Crippen LogP contribution in [0.1, 0.15) is 6.42 Å². The van der Waals surface area contributed by atoms with Crippen molar-refractivity contribution in [2.75, 3.05) is 26.2 Å². The third-order valence-corrected chi connectivity index (χ3v) is 3.79. The quantitative estimate of drug-likeness (QED) is 0.793. The largest absolute Gasteiger partial charge is 0.492 e. The standard InChI is InChI=1S/C13H16BrClN2O2.ClH/c14-11-5-10(15)1-2-12(11)19-4-3-13(18)17-8-9-6-16-7-9;/h1-2,5,9,16H,3-4,6-8H2,(H,17,18);1H. The van der Waals surface area contributed by atoms with Crippen molar-refractivity contribution in [3.63, 3.8) is 0 Å². The van der Waals surface area contributed by atoms with E-state index in [4.69, 9.17) is 16.3 Å². The van der Waals surface area contributed by atoms with Gasteiger partial charge in [0.2, 0.25) is 5.91 Å². The lowest BCUT2D eigenvalue weighted by Gasteiger charge is -2.27. The topological polar surface area (TPSA) is 50.4 Å². The first-order valence-electron chi connectivity index (χ1n) is 6.20. The normalized spacial score (nSPS) is 14.1. The number of ether oxygens (including phenoxy) is 1. The molecule has 1 aliphatic heterocycles. The number of hydrogen-bond donors (Lipinski definition) is 2. The molecule has 1 amide bonds. The number of rotatable bonds is 6. The molecule has 0 radical (unpaired) electrons. The summed E-state index contributed by atoms with van der Waals surface area (Å²) in [7, 11) is 0. The summed E-state index contributed by atoms with van der Waals surface area (Å²) in [6, 6.07) is 5.30. The van der Waals surface area contributed by atoms with E-state index < -0.39 is 0 Å². The first kappa shape index (κ1) is 17.6. The Morgan fingerprint density at radius 2 is 2.25 bits per heavy atom. The van der Waals surface area contributed by atoms with Crippen molar-refractivity contribution in [1.82, 2.24) is 10.6 Å². The molecule has 0 saturated carbocycles. The van der Waals surface area contributed by atoms with Gasteiger partial charge in [0.05, 0.1) is 17.5 Å². The van der Waals surface area contributed by atoms with Gasteiger partial charge < -0.3 is 15.4 Å². The Morgan fingerprint density at radius 1 is 1.50 bits per heavy atom. The number of carbonyl (C=O) groups is 1. The van der Waals surface area contributed by atoms with E-state index >= 15 is 0 Å². The van der Waals surface area contributed by atoms with E-state index in [1.165, 1.54) is 0 Å². The van der Waals surface area contributed by atoms with E-state index in [-0.39, 0.29) is 18.3 Å². The maximum absolute atomic E-state index is 11.6. The average molecular weight is 384 g/mol. The van der Waals surface area contributed by atoms with Crippen molar-refractivity contribution >= 4 is 45.8 Å². The van der Waals surface area contributed by atoms with Crippen LogP contribution in [0.5, 0.6) is 5.75 Å². The summed E-state index contributed by atoms with van der Waals surface area (Å²) in [6.45, 7) is 3.09. The summed E-state index contributed by atoms with van der Waals surface area (Å²) in [5.41, 5.74) is 0. The van der Waals surface area contributed by atoms with Crippen LogP contribution in [0.15, 0.2) is 22.7 Å². The highest BCUT2D eigenvalue weighted by atomic mass is 79.9. The molecule has 20 heavy (non-hydrogen) atoms. The van der Waals surface area contributed by atoms with Crippen LogP contribution >= 0.6 is 39.9 Å². The van der Waals surface area contributed by atoms with Gasteiger partial charge in [-0.3, -0.25) is 4.79 Å². The second-order valence-electron chi connectivity index (χ2n) is 4.50. The second kappa shape index (κ2) is 8.72. The molecule has 0 aromatic heterocycles. The van der Waals surface area contributed by atoms with Crippen molar-refractivity contribution in [3.8, 4) is 5.75 Å². The molecule has 1 fully saturated rings. The van der Waals surface area contributed by atoms with Gasteiger partial charge in [0.1, 0.15) is 5.75 Å². The van der Waals surface area contributed by atoms with Gasteiger partial charge >= 0.3 is 0 Å². The minimum absolute atomic E-state index is 0. The molecule has 1 heterocycles. The molecule has 112 valence electrons. The fourth-order valence-electron chi connectivity index (χ4n) is 1.69. The van der Waals surface area contributed by atoms with Crippen LogP contribution in [0.4, 0.5) is 0 Å². The Kier molecular flexibility index (Phi) is 7.66. The van der Waals surface area contributed by atoms with E-state index in [0.29, 0.717) is 29.7 Å². The Hall–Kier alpha value is -0.490. The number of nitrogens with one attached hydrogen (secondary N) is 2. The minimum atomic E-state index is 0. The molecule has 0 aliphatic carbocycles. The van der Waals surface area contributed by atoms with Crippen LogP contribution in [-0.2, 0) is 4.79 Å². The van der Waals surface area contributed by atoms with Crippen LogP contribution < -0.4 is 15.4 Å². The number of benzene rings is 1. The lowest BCUT2D eigenvalue weighted by Crippen LogP contribution is -2.48. The van der Waals surface area contributed by atoms with Gasteiger partial charge in [-0.1, -0.05) is 11.6 Å². The van der Waals surface area contributed by atoms with Gasteiger partial charge in [-0.05, 0) is 34.1 Å². The molecule has 0 bridgehead atoms. The molecular weight excluding hydrogens is 367 g/mol. The lowest BCUT2D eigenvalue weighted by atomic mass is 10.0. The number of amides is 1. The first-order chi connectivity index (χ1) is 9.15. The van der Waals surface area contributed by atoms with Crippen LogP contribution in [0, 0.1) is 5.92 Å². The highest BCUT2D eigenvalue weighted by Gasteiger charge is 2.16. The average Bonchev–Trinajstić information content (AvgIpc) is 2.30. The Morgan fingerprint density at radius 3 is 2.85 bits per heavy atom. The molecule has 0 atom stereocenters. The first-order valence-corrected chi connectivity index (χ1v) is 7.37. The Labute approximate surface area is 138 Å². The Balaban J connectivity index is 0.00000200. The maximum atomic E-state index is 11.6. The molecular formula is C13H17BrCl2N2O2. The third-order valence-electron chi connectivity index (χ3n) is 2.93. The van der Waals surface area contributed by atoms with E-state index in [9.17, 15) is 4.79 Å². The summed E-state index contributed by atoms with van der Waals surface area (Å²) < 4.78 is 6.32. The Bertz CT molecular complexity index is 456. The number of hydrogen-bond acceptors (Lipinski definition) is 3. The van der Waals surface area contributed by atoms with E-state index in [1.807, 2.05) is 0 Å². The molecule has 1 saturated heterocycles. The van der Waals surface area contributed by atoms with Crippen molar-refractivity contribution < 1.29 is 9.53 Å². The van der Waals surface area contributed by atoms with E-state index in [1.54, 1.807) is 18.2 Å². The van der Waals surface area contributed by atoms with Crippen molar-refractivity contribution in [1.29, 1.82) is 0 Å². The summed E-state index contributed by atoms with van der Waals surface area (Å²) in [5, 5.41) is 6.72. The van der Waals surface area contributed by atoms with Crippen LogP contribution in [0.2, 0.25) is 5.02 Å². The second-order valence-corrected chi connectivity index (χ2v) is 5.79.